The predicted octanol–water partition coefficient (Wildman–Crippen LogP) is 0.664. The number of hydrogen-bond acceptors (Lipinski definition) is 3. The Morgan fingerprint density at radius 2 is 2.18 bits per heavy atom. The van der Waals surface area contributed by atoms with Gasteiger partial charge in [-0.05, 0) is 12.8 Å². The predicted molar refractivity (Wildman–Crippen MR) is 39.1 cm³/mol. The van der Waals surface area contributed by atoms with Crippen LogP contribution in [0.4, 0.5) is 0 Å². The van der Waals surface area contributed by atoms with E-state index in [1.807, 2.05) is 0 Å². The molecule has 0 saturated carbocycles. The van der Waals surface area contributed by atoms with Crippen LogP contribution in [-0.2, 0) is 9.47 Å². The number of ether oxygens (including phenoxy) is 2. The van der Waals surface area contributed by atoms with Crippen molar-refractivity contribution in [1.82, 2.24) is 0 Å². The summed E-state index contributed by atoms with van der Waals surface area (Å²) in [4.78, 5) is 0. The first-order chi connectivity index (χ1) is 5.31. The lowest BCUT2D eigenvalue weighted by Crippen LogP contribution is -2.40. The normalized spacial score (nSPS) is 45.0. The molecule has 2 unspecified atom stereocenters. The third-order valence-electron chi connectivity index (χ3n) is 2.46. The van der Waals surface area contributed by atoms with E-state index in [4.69, 9.17) is 9.47 Å². The van der Waals surface area contributed by atoms with E-state index in [-0.39, 0.29) is 11.9 Å². The quantitative estimate of drug-likeness (QED) is 0.563. The number of hydrogen-bond donors (Lipinski definition) is 1. The maximum absolute atomic E-state index is 9.17. The minimum absolute atomic E-state index is 0.273. The van der Waals surface area contributed by atoms with Crippen LogP contribution in [0, 0.1) is 0 Å². The molecule has 2 atom stereocenters. The van der Waals surface area contributed by atoms with E-state index in [1.165, 1.54) is 0 Å². The van der Waals surface area contributed by atoms with Crippen molar-refractivity contribution < 1.29 is 14.6 Å². The molecular formula is C8H14O3. The third-order valence-corrected chi connectivity index (χ3v) is 2.46. The molecule has 1 spiro atoms. The maximum atomic E-state index is 9.17. The van der Waals surface area contributed by atoms with Crippen LogP contribution in [0.1, 0.15) is 25.7 Å². The average molecular weight is 158 g/mol. The molecule has 0 aliphatic carbocycles. The molecule has 3 nitrogen and oxygen atoms in total. The van der Waals surface area contributed by atoms with Crippen molar-refractivity contribution in [3.63, 3.8) is 0 Å². The highest BCUT2D eigenvalue weighted by atomic mass is 16.7. The first kappa shape index (κ1) is 7.53. The van der Waals surface area contributed by atoms with Crippen LogP contribution < -0.4 is 0 Å². The Balaban J connectivity index is 1.94. The lowest BCUT2D eigenvalue weighted by atomic mass is 10.0. The van der Waals surface area contributed by atoms with Crippen LogP contribution in [0.15, 0.2) is 0 Å². The monoisotopic (exact) mass is 158 g/mol. The summed E-state index contributed by atoms with van der Waals surface area (Å²) in [6, 6.07) is 0. The molecule has 0 aromatic heterocycles. The standard InChI is InChI=1S/C8H14O3/c9-7-2-4-8(11-6-7)3-1-5-10-8/h7,9H,1-6H2. The second kappa shape index (κ2) is 2.73. The van der Waals surface area contributed by atoms with Crippen molar-refractivity contribution >= 4 is 0 Å². The Kier molecular flexibility index (Phi) is 1.87. The SMILES string of the molecule is OC1CCC2(CCCO2)OC1. The van der Waals surface area contributed by atoms with Gasteiger partial charge in [-0.2, -0.15) is 0 Å². The average Bonchev–Trinajstić information content (AvgIpc) is 2.45. The van der Waals surface area contributed by atoms with Crippen molar-refractivity contribution in [1.29, 1.82) is 0 Å². The maximum Gasteiger partial charge on any atom is 0.168 e. The smallest absolute Gasteiger partial charge is 0.168 e. The molecule has 11 heavy (non-hydrogen) atoms. The lowest BCUT2D eigenvalue weighted by Gasteiger charge is -2.34. The Morgan fingerprint density at radius 3 is 2.73 bits per heavy atom. The van der Waals surface area contributed by atoms with Gasteiger partial charge in [0.25, 0.3) is 0 Å². The summed E-state index contributed by atoms with van der Waals surface area (Å²) in [7, 11) is 0. The van der Waals surface area contributed by atoms with Gasteiger partial charge in [-0.25, -0.2) is 0 Å². The summed E-state index contributed by atoms with van der Waals surface area (Å²) in [5.74, 6) is -0.306. The van der Waals surface area contributed by atoms with Crippen LogP contribution in [0.5, 0.6) is 0 Å². The molecule has 2 saturated heterocycles. The Hall–Kier alpha value is -0.120. The molecule has 0 aromatic carbocycles. The van der Waals surface area contributed by atoms with Crippen LogP contribution in [0.25, 0.3) is 0 Å². The Labute approximate surface area is 66.3 Å². The molecule has 2 aliphatic rings. The largest absolute Gasteiger partial charge is 0.391 e. The van der Waals surface area contributed by atoms with Gasteiger partial charge in [0.15, 0.2) is 5.79 Å². The van der Waals surface area contributed by atoms with Gasteiger partial charge >= 0.3 is 0 Å². The number of rotatable bonds is 0. The molecule has 0 radical (unpaired) electrons. The zero-order valence-corrected chi connectivity index (χ0v) is 6.58. The van der Waals surface area contributed by atoms with E-state index in [0.29, 0.717) is 6.61 Å². The van der Waals surface area contributed by atoms with Crippen LogP contribution in [0.3, 0.4) is 0 Å². The Bertz CT molecular complexity index is 130. The second-order valence-corrected chi connectivity index (χ2v) is 3.37. The molecular weight excluding hydrogens is 144 g/mol. The van der Waals surface area contributed by atoms with Gasteiger partial charge < -0.3 is 14.6 Å². The van der Waals surface area contributed by atoms with Crippen LogP contribution in [0.2, 0.25) is 0 Å². The van der Waals surface area contributed by atoms with Gasteiger partial charge in [0.05, 0.1) is 19.3 Å². The summed E-state index contributed by atoms with van der Waals surface area (Å²) in [6.07, 6.45) is 3.49. The first-order valence-corrected chi connectivity index (χ1v) is 4.27. The second-order valence-electron chi connectivity index (χ2n) is 3.37. The molecule has 1 N–H and O–H groups in total. The third kappa shape index (κ3) is 1.41. The van der Waals surface area contributed by atoms with Crippen molar-refractivity contribution in [2.24, 2.45) is 0 Å². The van der Waals surface area contributed by atoms with E-state index in [1.54, 1.807) is 0 Å². The van der Waals surface area contributed by atoms with Crippen LogP contribution >= 0.6 is 0 Å². The molecule has 2 rings (SSSR count). The fraction of sp³-hybridized carbons (Fsp3) is 1.00. The fourth-order valence-corrected chi connectivity index (χ4v) is 1.77. The van der Waals surface area contributed by atoms with Gasteiger partial charge in [0.1, 0.15) is 0 Å². The lowest BCUT2D eigenvalue weighted by molar-refractivity contribution is -0.248. The topological polar surface area (TPSA) is 38.7 Å². The molecule has 0 aromatic rings. The highest BCUT2D eigenvalue weighted by molar-refractivity contribution is 4.80. The van der Waals surface area contributed by atoms with Gasteiger partial charge in [-0.3, -0.25) is 0 Å². The zero-order chi connectivity index (χ0) is 7.73. The van der Waals surface area contributed by atoms with Crippen LogP contribution in [-0.4, -0.2) is 30.2 Å². The van der Waals surface area contributed by atoms with Crippen molar-refractivity contribution in [3.8, 4) is 0 Å². The summed E-state index contributed by atoms with van der Waals surface area (Å²) >= 11 is 0. The summed E-state index contributed by atoms with van der Waals surface area (Å²) in [5.41, 5.74) is 0. The number of aliphatic hydroxyl groups is 1. The highest BCUT2D eigenvalue weighted by Gasteiger charge is 2.39. The number of aliphatic hydroxyl groups excluding tert-OH is 1. The molecule has 2 aliphatic heterocycles. The molecule has 3 heteroatoms. The first-order valence-electron chi connectivity index (χ1n) is 4.27. The summed E-state index contributed by atoms with van der Waals surface area (Å²) in [5, 5.41) is 9.17. The fourth-order valence-electron chi connectivity index (χ4n) is 1.77. The van der Waals surface area contributed by atoms with Crippen molar-refractivity contribution in [3.05, 3.63) is 0 Å². The van der Waals surface area contributed by atoms with Gasteiger partial charge in [0.2, 0.25) is 0 Å². The molecule has 0 amide bonds. The zero-order valence-electron chi connectivity index (χ0n) is 6.58. The summed E-state index contributed by atoms with van der Waals surface area (Å²) in [6.45, 7) is 1.26. The van der Waals surface area contributed by atoms with Gasteiger partial charge in [-0.15, -0.1) is 0 Å². The molecule has 0 bridgehead atoms. The minimum Gasteiger partial charge on any atom is -0.391 e. The molecule has 64 valence electrons. The highest BCUT2D eigenvalue weighted by Crippen LogP contribution is 2.35. The Morgan fingerprint density at radius 1 is 1.27 bits per heavy atom. The minimum atomic E-state index is -0.306. The summed E-state index contributed by atoms with van der Waals surface area (Å²) < 4.78 is 11.0. The van der Waals surface area contributed by atoms with Crippen molar-refractivity contribution in [2.75, 3.05) is 13.2 Å². The van der Waals surface area contributed by atoms with Gasteiger partial charge in [0, 0.05) is 12.8 Å². The molecule has 2 heterocycles. The van der Waals surface area contributed by atoms with E-state index >= 15 is 0 Å². The van der Waals surface area contributed by atoms with E-state index in [0.717, 1.165) is 32.3 Å². The van der Waals surface area contributed by atoms with E-state index in [2.05, 4.69) is 0 Å². The molecule has 2 fully saturated rings. The van der Waals surface area contributed by atoms with E-state index in [9.17, 15) is 5.11 Å². The van der Waals surface area contributed by atoms with Gasteiger partial charge in [-0.1, -0.05) is 0 Å². The van der Waals surface area contributed by atoms with E-state index < -0.39 is 0 Å². The van der Waals surface area contributed by atoms with Crippen molar-refractivity contribution in [2.45, 2.75) is 37.6 Å².